The third-order valence-electron chi connectivity index (χ3n) is 10.1. The van der Waals surface area contributed by atoms with E-state index in [9.17, 15) is 0 Å². The molecule has 0 nitrogen and oxygen atoms in total. The van der Waals surface area contributed by atoms with Crippen LogP contribution < -0.4 is 0 Å². The molecule has 0 aromatic carbocycles. The highest BCUT2D eigenvalue weighted by Crippen LogP contribution is 2.74. The van der Waals surface area contributed by atoms with Crippen LogP contribution in [0.2, 0.25) is 0 Å². The molecule has 6 unspecified atom stereocenters. The Morgan fingerprint density at radius 2 is 1.64 bits per heavy atom. The van der Waals surface area contributed by atoms with Gasteiger partial charge in [-0.25, -0.2) is 0 Å². The minimum atomic E-state index is 0.691. The van der Waals surface area contributed by atoms with Gasteiger partial charge in [0.05, 0.1) is 0 Å². The maximum atomic E-state index is 2.73. The summed E-state index contributed by atoms with van der Waals surface area (Å²) in [6, 6.07) is 0. The van der Waals surface area contributed by atoms with Gasteiger partial charge in [0.15, 0.2) is 0 Å². The molecule has 0 aromatic heterocycles. The number of rotatable bonds is 2. The topological polar surface area (TPSA) is 0 Å². The van der Waals surface area contributed by atoms with Crippen molar-refractivity contribution < 1.29 is 0 Å². The Morgan fingerprint density at radius 1 is 0.864 bits per heavy atom. The molecule has 0 saturated heterocycles. The highest BCUT2D eigenvalue weighted by Gasteiger charge is 2.66. The molecule has 4 fully saturated rings. The molecule has 0 radical (unpaired) electrons. The first-order chi connectivity index (χ1) is 10.5. The lowest BCUT2D eigenvalue weighted by atomic mass is 9.52. The van der Waals surface area contributed by atoms with Crippen LogP contribution in [0.1, 0.15) is 98.3 Å². The van der Waals surface area contributed by atoms with E-state index < -0.39 is 0 Å². The van der Waals surface area contributed by atoms with Crippen LogP contribution in [0, 0.1) is 39.9 Å². The number of fused-ring (bicyclic) bond motifs is 5. The Kier molecular flexibility index (Phi) is 3.53. The number of hydrogen-bond acceptors (Lipinski definition) is 0. The predicted molar refractivity (Wildman–Crippen MR) is 94.7 cm³/mol. The molecule has 4 rings (SSSR count). The fourth-order valence-electron chi connectivity index (χ4n) is 8.74. The second-order valence-electron chi connectivity index (χ2n) is 10.1. The molecule has 0 heteroatoms. The monoisotopic (exact) mass is 302 g/mol. The van der Waals surface area contributed by atoms with Crippen LogP contribution in [-0.2, 0) is 0 Å². The predicted octanol–water partition coefficient (Wildman–Crippen LogP) is 6.84. The second-order valence-corrected chi connectivity index (χ2v) is 10.1. The van der Waals surface area contributed by atoms with Crippen molar-refractivity contribution in [3.8, 4) is 0 Å². The minimum Gasteiger partial charge on any atom is -0.0651 e. The zero-order chi connectivity index (χ0) is 15.6. The molecule has 0 aromatic rings. The van der Waals surface area contributed by atoms with Crippen molar-refractivity contribution in [2.24, 2.45) is 39.9 Å². The van der Waals surface area contributed by atoms with Crippen molar-refractivity contribution in [3.05, 3.63) is 0 Å². The van der Waals surface area contributed by atoms with Crippen LogP contribution in [-0.4, -0.2) is 0 Å². The SMILES string of the molecule is CCC1CCC2C3CC4(CC)CCCC[C@]4(C)C3CCC12C. The fourth-order valence-corrected chi connectivity index (χ4v) is 8.74. The highest BCUT2D eigenvalue weighted by atomic mass is 14.7. The molecular weight excluding hydrogens is 264 g/mol. The van der Waals surface area contributed by atoms with Gasteiger partial charge in [0.25, 0.3) is 0 Å². The molecule has 0 spiro atoms. The Morgan fingerprint density at radius 3 is 2.36 bits per heavy atom. The highest BCUT2D eigenvalue weighted by molar-refractivity contribution is 5.15. The van der Waals surface area contributed by atoms with Gasteiger partial charge in [0.1, 0.15) is 0 Å². The summed E-state index contributed by atoms with van der Waals surface area (Å²) < 4.78 is 0. The summed E-state index contributed by atoms with van der Waals surface area (Å²) in [5.74, 6) is 4.26. The van der Waals surface area contributed by atoms with Crippen molar-refractivity contribution in [2.45, 2.75) is 98.3 Å². The smallest absolute Gasteiger partial charge is 0.0238 e. The second kappa shape index (κ2) is 5.00. The van der Waals surface area contributed by atoms with E-state index in [-0.39, 0.29) is 0 Å². The zero-order valence-corrected chi connectivity index (χ0v) is 15.6. The van der Waals surface area contributed by atoms with Crippen LogP contribution >= 0.6 is 0 Å². The van der Waals surface area contributed by atoms with Crippen LogP contribution in [0.15, 0.2) is 0 Å². The normalized spacial score (nSPS) is 57.3. The maximum absolute atomic E-state index is 2.73. The Hall–Kier alpha value is 0. The lowest BCUT2D eigenvalue weighted by Crippen LogP contribution is -2.45. The molecule has 22 heavy (non-hydrogen) atoms. The van der Waals surface area contributed by atoms with E-state index in [1.54, 1.807) is 38.5 Å². The summed E-state index contributed by atoms with van der Waals surface area (Å²) in [4.78, 5) is 0. The largest absolute Gasteiger partial charge is 0.0651 e. The van der Waals surface area contributed by atoms with Crippen molar-refractivity contribution in [1.29, 1.82) is 0 Å². The standard InChI is InChI=1S/C22H38/c1-5-16-9-10-18-17-15-22(6-2)13-8-7-12-21(22,4)19(17)11-14-20(16,18)3/h16-19H,5-15H2,1-4H3/t16?,17?,18?,19?,20?,21-,22?/m1/s1. The lowest BCUT2D eigenvalue weighted by molar-refractivity contribution is -0.0376. The van der Waals surface area contributed by atoms with Crippen LogP contribution in [0.3, 0.4) is 0 Å². The Balaban J connectivity index is 1.70. The molecule has 126 valence electrons. The first kappa shape index (κ1) is 15.5. The first-order valence-corrected chi connectivity index (χ1v) is 10.5. The lowest BCUT2D eigenvalue weighted by Gasteiger charge is -2.53. The average Bonchev–Trinajstić information content (AvgIpc) is 2.99. The van der Waals surface area contributed by atoms with Crippen LogP contribution in [0.5, 0.6) is 0 Å². The summed E-state index contributed by atoms with van der Waals surface area (Å²) in [5.41, 5.74) is 2.11. The van der Waals surface area contributed by atoms with Gasteiger partial charge in [-0.3, -0.25) is 0 Å². The van der Waals surface area contributed by atoms with Gasteiger partial charge < -0.3 is 0 Å². The molecule has 7 atom stereocenters. The van der Waals surface area contributed by atoms with E-state index in [4.69, 9.17) is 0 Å². The van der Waals surface area contributed by atoms with Gasteiger partial charge >= 0.3 is 0 Å². The van der Waals surface area contributed by atoms with E-state index in [1.807, 2.05) is 0 Å². The van der Waals surface area contributed by atoms with E-state index in [0.29, 0.717) is 10.8 Å². The molecule has 4 saturated carbocycles. The summed E-state index contributed by atoms with van der Waals surface area (Å²) >= 11 is 0. The van der Waals surface area contributed by atoms with Crippen molar-refractivity contribution in [1.82, 2.24) is 0 Å². The molecule has 0 N–H and O–H groups in total. The van der Waals surface area contributed by atoms with Gasteiger partial charge in [-0.1, -0.05) is 47.0 Å². The number of hydrogen-bond donors (Lipinski definition) is 0. The first-order valence-electron chi connectivity index (χ1n) is 10.5. The van der Waals surface area contributed by atoms with E-state index in [2.05, 4.69) is 27.7 Å². The van der Waals surface area contributed by atoms with E-state index >= 15 is 0 Å². The van der Waals surface area contributed by atoms with Gasteiger partial charge in [-0.05, 0) is 91.3 Å². The van der Waals surface area contributed by atoms with Crippen molar-refractivity contribution in [3.63, 3.8) is 0 Å². The zero-order valence-electron chi connectivity index (χ0n) is 15.6. The average molecular weight is 303 g/mol. The van der Waals surface area contributed by atoms with Crippen molar-refractivity contribution >= 4 is 0 Å². The van der Waals surface area contributed by atoms with Gasteiger partial charge in [0, 0.05) is 0 Å². The summed E-state index contributed by atoms with van der Waals surface area (Å²) in [6.45, 7) is 10.4. The quantitative estimate of drug-likeness (QED) is 0.524. The third kappa shape index (κ3) is 1.71. The van der Waals surface area contributed by atoms with Crippen LogP contribution in [0.4, 0.5) is 0 Å². The maximum Gasteiger partial charge on any atom is -0.0238 e. The molecular formula is C22H38. The summed E-state index contributed by atoms with van der Waals surface area (Å²) in [6.07, 6.45) is 16.8. The molecule has 4 aliphatic carbocycles. The summed E-state index contributed by atoms with van der Waals surface area (Å²) in [5, 5.41) is 0. The van der Waals surface area contributed by atoms with E-state index in [0.717, 1.165) is 29.1 Å². The molecule has 0 heterocycles. The minimum absolute atomic E-state index is 0.691. The Bertz CT molecular complexity index is 439. The molecule has 0 bridgehead atoms. The van der Waals surface area contributed by atoms with Crippen LogP contribution in [0.25, 0.3) is 0 Å². The summed E-state index contributed by atoms with van der Waals surface area (Å²) in [7, 11) is 0. The third-order valence-corrected chi connectivity index (χ3v) is 10.1. The van der Waals surface area contributed by atoms with Gasteiger partial charge in [-0.15, -0.1) is 0 Å². The van der Waals surface area contributed by atoms with E-state index in [1.165, 1.54) is 32.1 Å². The van der Waals surface area contributed by atoms with Crippen molar-refractivity contribution in [2.75, 3.05) is 0 Å². The molecule has 0 amide bonds. The fraction of sp³-hybridized carbons (Fsp3) is 1.00. The Labute approximate surface area is 138 Å². The van der Waals surface area contributed by atoms with Gasteiger partial charge in [-0.2, -0.15) is 0 Å². The molecule has 4 aliphatic rings. The van der Waals surface area contributed by atoms with Gasteiger partial charge in [0.2, 0.25) is 0 Å². The molecule has 0 aliphatic heterocycles.